The van der Waals surface area contributed by atoms with E-state index >= 15 is 0 Å². The molecule has 0 saturated heterocycles. The second-order valence-corrected chi connectivity index (χ2v) is 6.92. The number of benzene rings is 1. The van der Waals surface area contributed by atoms with Crippen LogP contribution in [0.2, 0.25) is 0 Å². The van der Waals surface area contributed by atoms with E-state index in [9.17, 15) is 4.79 Å². The van der Waals surface area contributed by atoms with Gasteiger partial charge in [-0.25, -0.2) is 4.98 Å². The molecular formula is C20H13N3O2S. The number of hydrogen-bond acceptors (Lipinski definition) is 5. The lowest BCUT2D eigenvalue weighted by atomic mass is 10.1. The van der Waals surface area contributed by atoms with E-state index in [1.54, 1.807) is 23.5 Å². The van der Waals surface area contributed by atoms with Gasteiger partial charge in [0.1, 0.15) is 10.7 Å². The van der Waals surface area contributed by atoms with Crippen LogP contribution in [0.5, 0.6) is 0 Å². The summed E-state index contributed by atoms with van der Waals surface area (Å²) >= 11 is 1.56. The summed E-state index contributed by atoms with van der Waals surface area (Å²) < 4.78 is 8.17. The molecule has 0 amide bonds. The third kappa shape index (κ3) is 2.09. The fraction of sp³-hybridized carbons (Fsp3) is 0. The Hall–Kier alpha value is -3.38. The molecule has 26 heavy (non-hydrogen) atoms. The highest BCUT2D eigenvalue weighted by atomic mass is 32.1. The second kappa shape index (κ2) is 5.57. The van der Waals surface area contributed by atoms with E-state index in [4.69, 9.17) is 15.1 Å². The molecule has 0 aliphatic heterocycles. The zero-order valence-corrected chi connectivity index (χ0v) is 14.4. The third-order valence-corrected chi connectivity index (χ3v) is 5.40. The number of rotatable bonds is 3. The molecule has 1 aromatic carbocycles. The van der Waals surface area contributed by atoms with Crippen molar-refractivity contribution in [3.63, 3.8) is 0 Å². The number of anilines is 1. The predicted molar refractivity (Wildman–Crippen MR) is 103 cm³/mol. The number of furan rings is 1. The van der Waals surface area contributed by atoms with Crippen LogP contribution in [0.15, 0.2) is 71.5 Å². The topological polar surface area (TPSA) is 73.5 Å². The van der Waals surface area contributed by atoms with Gasteiger partial charge < -0.3 is 14.6 Å². The zero-order valence-electron chi connectivity index (χ0n) is 13.5. The van der Waals surface area contributed by atoms with Crippen molar-refractivity contribution in [2.75, 3.05) is 5.73 Å². The summed E-state index contributed by atoms with van der Waals surface area (Å²) in [4.78, 5) is 17.7. The summed E-state index contributed by atoms with van der Waals surface area (Å²) in [5.41, 5.74) is 9.81. The van der Waals surface area contributed by atoms with Gasteiger partial charge in [0, 0.05) is 6.20 Å². The van der Waals surface area contributed by atoms with Crippen LogP contribution >= 0.6 is 11.3 Å². The number of nitrogens with zero attached hydrogens (tertiary/aromatic N) is 2. The van der Waals surface area contributed by atoms with Crippen molar-refractivity contribution in [2.45, 2.75) is 0 Å². The number of ketones is 1. The molecule has 0 spiro atoms. The van der Waals surface area contributed by atoms with Gasteiger partial charge in [-0.3, -0.25) is 4.79 Å². The first-order chi connectivity index (χ1) is 12.7. The Kier molecular flexibility index (Phi) is 3.20. The van der Waals surface area contributed by atoms with Crippen molar-refractivity contribution < 1.29 is 9.21 Å². The Labute approximate surface area is 152 Å². The molecule has 0 aliphatic carbocycles. The van der Waals surface area contributed by atoms with Crippen LogP contribution in [-0.2, 0) is 0 Å². The number of para-hydroxylation sites is 1. The first-order valence-corrected chi connectivity index (χ1v) is 8.88. The summed E-state index contributed by atoms with van der Waals surface area (Å²) in [5.74, 6) is 0.0110. The molecule has 0 aliphatic rings. The van der Waals surface area contributed by atoms with E-state index in [2.05, 4.69) is 0 Å². The van der Waals surface area contributed by atoms with Crippen LogP contribution in [0.3, 0.4) is 0 Å². The molecular weight excluding hydrogens is 346 g/mol. The highest BCUT2D eigenvalue weighted by molar-refractivity contribution is 7.21. The summed E-state index contributed by atoms with van der Waals surface area (Å²) in [5, 5.41) is 0.797. The molecule has 0 atom stereocenters. The normalized spacial score (nSPS) is 11.4. The Morgan fingerprint density at radius 2 is 1.92 bits per heavy atom. The quantitative estimate of drug-likeness (QED) is 0.477. The van der Waals surface area contributed by atoms with Crippen LogP contribution in [0.25, 0.3) is 26.3 Å². The summed E-state index contributed by atoms with van der Waals surface area (Å²) in [6, 6.07) is 17.0. The molecule has 0 unspecified atom stereocenters. The fourth-order valence-electron chi connectivity index (χ4n) is 3.19. The Balaban J connectivity index is 1.81. The van der Waals surface area contributed by atoms with E-state index in [-0.39, 0.29) is 11.5 Å². The summed E-state index contributed by atoms with van der Waals surface area (Å²) in [7, 11) is 0. The fourth-order valence-corrected chi connectivity index (χ4v) is 4.22. The zero-order chi connectivity index (χ0) is 17.7. The Morgan fingerprint density at radius 3 is 2.73 bits per heavy atom. The molecule has 5 nitrogen and oxygen atoms in total. The van der Waals surface area contributed by atoms with E-state index in [0.29, 0.717) is 11.4 Å². The van der Waals surface area contributed by atoms with Crippen LogP contribution in [0.4, 0.5) is 5.69 Å². The lowest BCUT2D eigenvalue weighted by molar-refractivity contribution is 0.100. The summed E-state index contributed by atoms with van der Waals surface area (Å²) in [6.45, 7) is 0. The number of carbonyl (C=O) groups is 1. The Morgan fingerprint density at radius 1 is 1.08 bits per heavy atom. The molecule has 4 aromatic heterocycles. The molecule has 2 N–H and O–H groups in total. The number of hydrogen-bond donors (Lipinski definition) is 1. The molecule has 0 bridgehead atoms. The standard InChI is InChI=1S/C20H13N3O2S/c21-17-16(20-22-12-6-1-2-9-15(12)26-20)13-7-3-4-10-23(13)18(17)19(24)14-8-5-11-25-14/h1-11H,21H2. The van der Waals surface area contributed by atoms with Crippen molar-refractivity contribution in [2.24, 2.45) is 0 Å². The van der Waals surface area contributed by atoms with Crippen LogP contribution in [0, 0.1) is 0 Å². The van der Waals surface area contributed by atoms with Crippen molar-refractivity contribution in [3.8, 4) is 10.6 Å². The van der Waals surface area contributed by atoms with Crippen LogP contribution in [0.1, 0.15) is 16.2 Å². The molecule has 0 saturated carbocycles. The number of pyridine rings is 1. The minimum Gasteiger partial charge on any atom is -0.461 e. The predicted octanol–water partition coefficient (Wildman–Crippen LogP) is 4.62. The second-order valence-electron chi connectivity index (χ2n) is 5.89. The van der Waals surface area contributed by atoms with E-state index in [1.165, 1.54) is 6.26 Å². The average Bonchev–Trinajstić information content (AvgIpc) is 3.37. The molecule has 0 radical (unpaired) electrons. The Bertz CT molecular complexity index is 1230. The molecule has 0 fully saturated rings. The van der Waals surface area contributed by atoms with E-state index < -0.39 is 0 Å². The maximum Gasteiger partial charge on any atom is 0.246 e. The highest BCUT2D eigenvalue weighted by Gasteiger charge is 2.26. The van der Waals surface area contributed by atoms with Gasteiger partial charge in [0.25, 0.3) is 0 Å². The SMILES string of the molecule is Nc1c(-c2nc3ccccc3s2)c2ccccn2c1C(=O)c1ccco1. The van der Waals surface area contributed by atoms with Crippen molar-refractivity contribution in [3.05, 3.63) is 78.5 Å². The van der Waals surface area contributed by atoms with Gasteiger partial charge >= 0.3 is 0 Å². The third-order valence-electron chi connectivity index (χ3n) is 4.35. The molecule has 5 rings (SSSR count). The van der Waals surface area contributed by atoms with Crippen molar-refractivity contribution in [1.82, 2.24) is 9.38 Å². The largest absolute Gasteiger partial charge is 0.461 e. The minimum atomic E-state index is -0.249. The molecule has 4 heterocycles. The maximum atomic E-state index is 12.9. The minimum absolute atomic E-state index is 0.249. The highest BCUT2D eigenvalue weighted by Crippen LogP contribution is 2.40. The van der Waals surface area contributed by atoms with Gasteiger partial charge in [-0.1, -0.05) is 18.2 Å². The monoisotopic (exact) mass is 359 g/mol. The van der Waals surface area contributed by atoms with Gasteiger partial charge in [-0.15, -0.1) is 11.3 Å². The van der Waals surface area contributed by atoms with Crippen molar-refractivity contribution in [1.29, 1.82) is 0 Å². The lowest BCUT2D eigenvalue weighted by Crippen LogP contribution is -2.06. The number of fused-ring (bicyclic) bond motifs is 2. The van der Waals surface area contributed by atoms with Crippen molar-refractivity contribution >= 4 is 38.5 Å². The number of carbonyl (C=O) groups excluding carboxylic acids is 1. The summed E-state index contributed by atoms with van der Waals surface area (Å²) in [6.07, 6.45) is 3.31. The smallest absolute Gasteiger partial charge is 0.246 e. The van der Waals surface area contributed by atoms with Gasteiger partial charge in [0.2, 0.25) is 5.78 Å². The lowest BCUT2D eigenvalue weighted by Gasteiger charge is -2.00. The first-order valence-electron chi connectivity index (χ1n) is 8.06. The van der Waals surface area contributed by atoms with E-state index in [0.717, 1.165) is 26.3 Å². The van der Waals surface area contributed by atoms with Gasteiger partial charge in [-0.05, 0) is 36.4 Å². The number of nitrogens with two attached hydrogens (primary N) is 1. The molecule has 5 aromatic rings. The number of nitrogen functional groups attached to an aromatic ring is 1. The molecule has 6 heteroatoms. The van der Waals surface area contributed by atoms with Gasteiger partial charge in [0.05, 0.1) is 33.2 Å². The van der Waals surface area contributed by atoms with Gasteiger partial charge in [-0.2, -0.15) is 0 Å². The number of aromatic nitrogens is 2. The maximum absolute atomic E-state index is 12.9. The molecule has 126 valence electrons. The first kappa shape index (κ1) is 14.9. The van der Waals surface area contributed by atoms with E-state index in [1.807, 2.05) is 53.1 Å². The average molecular weight is 359 g/mol. The van der Waals surface area contributed by atoms with Gasteiger partial charge in [0.15, 0.2) is 5.76 Å². The van der Waals surface area contributed by atoms with Crippen LogP contribution < -0.4 is 5.73 Å². The number of thiazole rings is 1. The van der Waals surface area contributed by atoms with Crippen LogP contribution in [-0.4, -0.2) is 15.2 Å².